The molecule has 1 heterocycles. The molecule has 4 N–H and O–H groups in total. The standard InChI is InChI=1S/C9H17N7O/c1-5(6(17)11-2)12-8-13-7(10)14-9(15-8)16(3)4/h5H,1-4H3,(H,11,17)(H3,10,12,13,14,15). The molecule has 0 aliphatic rings. The summed E-state index contributed by atoms with van der Waals surface area (Å²) in [5.41, 5.74) is 5.55. The van der Waals surface area contributed by atoms with Crippen molar-refractivity contribution < 1.29 is 4.79 Å². The molecule has 8 heteroatoms. The first-order chi connectivity index (χ1) is 7.93. The van der Waals surface area contributed by atoms with E-state index in [1.54, 1.807) is 33.0 Å². The molecular weight excluding hydrogens is 222 g/mol. The molecule has 0 bridgehead atoms. The number of aromatic nitrogens is 3. The molecule has 0 spiro atoms. The van der Waals surface area contributed by atoms with E-state index < -0.39 is 6.04 Å². The first kappa shape index (κ1) is 12.9. The number of anilines is 3. The molecule has 0 saturated heterocycles. The number of nitrogens with zero attached hydrogens (tertiary/aromatic N) is 4. The zero-order valence-electron chi connectivity index (χ0n) is 10.4. The van der Waals surface area contributed by atoms with Crippen molar-refractivity contribution in [2.45, 2.75) is 13.0 Å². The zero-order valence-corrected chi connectivity index (χ0v) is 10.4. The summed E-state index contributed by atoms with van der Waals surface area (Å²) in [7, 11) is 5.15. The van der Waals surface area contributed by atoms with Crippen LogP contribution in [0.1, 0.15) is 6.92 Å². The van der Waals surface area contributed by atoms with Crippen LogP contribution in [0.4, 0.5) is 17.8 Å². The minimum Gasteiger partial charge on any atom is -0.368 e. The smallest absolute Gasteiger partial charge is 0.242 e. The minimum absolute atomic E-state index is 0.107. The van der Waals surface area contributed by atoms with E-state index in [1.165, 1.54) is 0 Å². The minimum atomic E-state index is -0.447. The molecule has 8 nitrogen and oxygen atoms in total. The van der Waals surface area contributed by atoms with Gasteiger partial charge in [0.2, 0.25) is 23.8 Å². The van der Waals surface area contributed by atoms with Crippen molar-refractivity contribution in [3.05, 3.63) is 0 Å². The molecule has 1 atom stereocenters. The van der Waals surface area contributed by atoms with Crippen LogP contribution in [0.3, 0.4) is 0 Å². The first-order valence-corrected chi connectivity index (χ1v) is 5.11. The maximum atomic E-state index is 11.3. The molecule has 1 aromatic rings. The Morgan fingerprint density at radius 3 is 2.53 bits per heavy atom. The fourth-order valence-electron chi connectivity index (χ4n) is 1.12. The second kappa shape index (κ2) is 5.28. The van der Waals surface area contributed by atoms with Crippen molar-refractivity contribution in [1.29, 1.82) is 0 Å². The van der Waals surface area contributed by atoms with E-state index in [9.17, 15) is 4.79 Å². The number of carbonyl (C=O) groups is 1. The van der Waals surface area contributed by atoms with Crippen molar-refractivity contribution in [2.75, 3.05) is 37.1 Å². The van der Waals surface area contributed by atoms with Gasteiger partial charge in [-0.25, -0.2) is 0 Å². The van der Waals surface area contributed by atoms with Crippen molar-refractivity contribution in [1.82, 2.24) is 20.3 Å². The summed E-state index contributed by atoms with van der Waals surface area (Å²) in [5, 5.41) is 5.37. The highest BCUT2D eigenvalue weighted by Gasteiger charge is 2.13. The molecule has 94 valence electrons. The quantitative estimate of drug-likeness (QED) is 0.622. The topological polar surface area (TPSA) is 109 Å². The predicted molar refractivity (Wildman–Crippen MR) is 65.7 cm³/mol. The van der Waals surface area contributed by atoms with Gasteiger partial charge in [-0.2, -0.15) is 15.0 Å². The summed E-state index contributed by atoms with van der Waals surface area (Å²) < 4.78 is 0. The Morgan fingerprint density at radius 1 is 1.35 bits per heavy atom. The number of hydrogen-bond acceptors (Lipinski definition) is 7. The van der Waals surface area contributed by atoms with Crippen LogP contribution < -0.4 is 21.3 Å². The largest absolute Gasteiger partial charge is 0.368 e. The summed E-state index contributed by atoms with van der Waals surface area (Å²) in [6.45, 7) is 1.70. The average Bonchev–Trinajstić information content (AvgIpc) is 2.26. The molecule has 0 fully saturated rings. The van der Waals surface area contributed by atoms with Crippen LogP contribution in [-0.2, 0) is 4.79 Å². The van der Waals surface area contributed by atoms with E-state index in [-0.39, 0.29) is 17.8 Å². The summed E-state index contributed by atoms with van der Waals surface area (Å²) in [6, 6.07) is -0.447. The summed E-state index contributed by atoms with van der Waals surface area (Å²) in [6.07, 6.45) is 0. The van der Waals surface area contributed by atoms with Crippen LogP contribution in [0.15, 0.2) is 0 Å². The highest BCUT2D eigenvalue weighted by molar-refractivity contribution is 5.83. The highest BCUT2D eigenvalue weighted by Crippen LogP contribution is 2.09. The number of nitrogens with two attached hydrogens (primary N) is 1. The van der Waals surface area contributed by atoms with Crippen LogP contribution in [0.25, 0.3) is 0 Å². The monoisotopic (exact) mass is 239 g/mol. The van der Waals surface area contributed by atoms with Gasteiger partial charge in [0.25, 0.3) is 0 Å². The molecule has 0 radical (unpaired) electrons. The molecule has 0 aromatic carbocycles. The van der Waals surface area contributed by atoms with Gasteiger partial charge in [0.15, 0.2) is 0 Å². The number of nitrogen functional groups attached to an aromatic ring is 1. The fourth-order valence-corrected chi connectivity index (χ4v) is 1.12. The van der Waals surface area contributed by atoms with Crippen LogP contribution >= 0.6 is 0 Å². The lowest BCUT2D eigenvalue weighted by atomic mass is 10.3. The van der Waals surface area contributed by atoms with Gasteiger partial charge in [-0.15, -0.1) is 0 Å². The van der Waals surface area contributed by atoms with Gasteiger partial charge in [-0.05, 0) is 6.92 Å². The van der Waals surface area contributed by atoms with Crippen LogP contribution in [0.5, 0.6) is 0 Å². The van der Waals surface area contributed by atoms with Crippen LogP contribution in [-0.4, -0.2) is 48.0 Å². The lowest BCUT2D eigenvalue weighted by molar-refractivity contribution is -0.121. The Kier molecular flexibility index (Phi) is 4.02. The number of amides is 1. The third kappa shape index (κ3) is 3.44. The Morgan fingerprint density at radius 2 is 2.00 bits per heavy atom. The van der Waals surface area contributed by atoms with Gasteiger partial charge in [0.1, 0.15) is 6.04 Å². The number of nitrogens with one attached hydrogen (secondary N) is 2. The van der Waals surface area contributed by atoms with E-state index in [2.05, 4.69) is 25.6 Å². The van der Waals surface area contributed by atoms with Crippen molar-refractivity contribution in [2.24, 2.45) is 0 Å². The Balaban J connectivity index is 2.87. The van der Waals surface area contributed by atoms with Crippen molar-refractivity contribution >= 4 is 23.8 Å². The molecule has 0 aliphatic heterocycles. The van der Waals surface area contributed by atoms with Crippen molar-refractivity contribution in [3.63, 3.8) is 0 Å². The number of carbonyl (C=O) groups excluding carboxylic acids is 1. The van der Waals surface area contributed by atoms with Gasteiger partial charge in [-0.1, -0.05) is 0 Å². The van der Waals surface area contributed by atoms with Gasteiger partial charge in [0.05, 0.1) is 0 Å². The maximum absolute atomic E-state index is 11.3. The van der Waals surface area contributed by atoms with E-state index >= 15 is 0 Å². The SMILES string of the molecule is CNC(=O)C(C)Nc1nc(N)nc(N(C)C)n1. The lowest BCUT2D eigenvalue weighted by Crippen LogP contribution is -2.36. The Bertz CT molecular complexity index is 406. The molecule has 1 amide bonds. The fraction of sp³-hybridized carbons (Fsp3) is 0.556. The van der Waals surface area contributed by atoms with E-state index in [0.29, 0.717) is 5.95 Å². The number of likely N-dealkylation sites (N-methyl/N-ethyl adjacent to an activating group) is 1. The molecule has 0 saturated carbocycles. The van der Waals surface area contributed by atoms with Crippen LogP contribution in [0, 0.1) is 0 Å². The molecule has 1 rings (SSSR count). The number of hydrogen-bond donors (Lipinski definition) is 3. The van der Waals surface area contributed by atoms with Crippen molar-refractivity contribution in [3.8, 4) is 0 Å². The average molecular weight is 239 g/mol. The van der Waals surface area contributed by atoms with Gasteiger partial charge < -0.3 is 21.3 Å². The summed E-state index contributed by atoms with van der Waals surface area (Å²) in [5.74, 6) is 0.659. The first-order valence-electron chi connectivity index (χ1n) is 5.11. The van der Waals surface area contributed by atoms with Gasteiger partial charge in [0, 0.05) is 21.1 Å². The highest BCUT2D eigenvalue weighted by atomic mass is 16.2. The van der Waals surface area contributed by atoms with E-state index in [4.69, 9.17) is 5.73 Å². The zero-order chi connectivity index (χ0) is 13.0. The van der Waals surface area contributed by atoms with Gasteiger partial charge in [-0.3, -0.25) is 4.79 Å². The molecule has 1 unspecified atom stereocenters. The molecule has 17 heavy (non-hydrogen) atoms. The third-order valence-electron chi connectivity index (χ3n) is 2.03. The van der Waals surface area contributed by atoms with E-state index in [1.807, 2.05) is 0 Å². The predicted octanol–water partition coefficient (Wildman–Crippen LogP) is -0.934. The molecule has 1 aromatic heterocycles. The normalized spacial score (nSPS) is 11.8. The molecule has 0 aliphatic carbocycles. The number of rotatable bonds is 4. The Labute approximate surface area is 99.6 Å². The van der Waals surface area contributed by atoms with Gasteiger partial charge >= 0.3 is 0 Å². The molecular formula is C9H17N7O. The van der Waals surface area contributed by atoms with E-state index in [0.717, 1.165) is 0 Å². The Hall–Kier alpha value is -2.12. The summed E-state index contributed by atoms with van der Waals surface area (Å²) in [4.78, 5) is 25.0. The second-order valence-electron chi connectivity index (χ2n) is 3.69. The third-order valence-corrected chi connectivity index (χ3v) is 2.03. The maximum Gasteiger partial charge on any atom is 0.242 e. The summed E-state index contributed by atoms with van der Waals surface area (Å²) >= 11 is 0. The second-order valence-corrected chi connectivity index (χ2v) is 3.69. The van der Waals surface area contributed by atoms with Crippen LogP contribution in [0.2, 0.25) is 0 Å². The lowest BCUT2D eigenvalue weighted by Gasteiger charge is -2.15.